The van der Waals surface area contributed by atoms with Gasteiger partial charge in [-0.1, -0.05) is 13.8 Å². The van der Waals surface area contributed by atoms with Gasteiger partial charge < -0.3 is 15.2 Å². The van der Waals surface area contributed by atoms with E-state index in [-0.39, 0.29) is 6.10 Å². The second-order valence-corrected chi connectivity index (χ2v) is 4.99. The second kappa shape index (κ2) is 6.46. The summed E-state index contributed by atoms with van der Waals surface area (Å²) >= 11 is 0. The number of nitrogens with one attached hydrogen (secondary N) is 1. The van der Waals surface area contributed by atoms with Crippen molar-refractivity contribution in [3.05, 3.63) is 0 Å². The van der Waals surface area contributed by atoms with Crippen molar-refractivity contribution in [1.29, 1.82) is 0 Å². The summed E-state index contributed by atoms with van der Waals surface area (Å²) in [4.78, 5) is 0. The maximum atomic E-state index is 9.59. The summed E-state index contributed by atoms with van der Waals surface area (Å²) in [5.74, 6) is 0.573. The number of rotatable bonds is 5. The minimum absolute atomic E-state index is 0.105. The van der Waals surface area contributed by atoms with E-state index in [0.29, 0.717) is 18.0 Å². The van der Waals surface area contributed by atoms with Crippen molar-refractivity contribution in [2.24, 2.45) is 5.92 Å². The van der Waals surface area contributed by atoms with Gasteiger partial charge in [0.1, 0.15) is 0 Å². The van der Waals surface area contributed by atoms with E-state index < -0.39 is 0 Å². The molecule has 1 saturated carbocycles. The SMILES string of the molecule is COCC(NC1CCCC(O)C1)C(C)C. The molecule has 0 saturated heterocycles. The van der Waals surface area contributed by atoms with Crippen molar-refractivity contribution in [2.75, 3.05) is 13.7 Å². The smallest absolute Gasteiger partial charge is 0.0618 e. The van der Waals surface area contributed by atoms with Crippen LogP contribution in [-0.4, -0.2) is 37.0 Å². The third-order valence-corrected chi connectivity index (χ3v) is 3.25. The molecule has 90 valence electrons. The highest BCUT2D eigenvalue weighted by Gasteiger charge is 2.23. The first-order valence-electron chi connectivity index (χ1n) is 6.06. The fourth-order valence-corrected chi connectivity index (χ4v) is 2.23. The minimum Gasteiger partial charge on any atom is -0.393 e. The number of hydrogen-bond acceptors (Lipinski definition) is 3. The molecule has 3 nitrogen and oxygen atoms in total. The van der Waals surface area contributed by atoms with Crippen LogP contribution in [0.5, 0.6) is 0 Å². The number of hydrogen-bond donors (Lipinski definition) is 2. The van der Waals surface area contributed by atoms with E-state index in [2.05, 4.69) is 19.2 Å². The van der Waals surface area contributed by atoms with E-state index in [4.69, 9.17) is 4.74 Å². The van der Waals surface area contributed by atoms with Gasteiger partial charge in [0, 0.05) is 19.2 Å². The third kappa shape index (κ3) is 4.49. The zero-order chi connectivity index (χ0) is 11.3. The molecule has 3 heteroatoms. The van der Waals surface area contributed by atoms with Crippen LogP contribution in [0.4, 0.5) is 0 Å². The maximum absolute atomic E-state index is 9.59. The summed E-state index contributed by atoms with van der Waals surface area (Å²) in [7, 11) is 1.74. The number of aliphatic hydroxyl groups is 1. The molecular formula is C12H25NO2. The van der Waals surface area contributed by atoms with E-state index in [9.17, 15) is 5.11 Å². The lowest BCUT2D eigenvalue weighted by Gasteiger charge is -2.32. The van der Waals surface area contributed by atoms with Crippen LogP contribution in [0.1, 0.15) is 39.5 Å². The van der Waals surface area contributed by atoms with Crippen molar-refractivity contribution >= 4 is 0 Å². The molecule has 0 aromatic carbocycles. The monoisotopic (exact) mass is 215 g/mol. The van der Waals surface area contributed by atoms with Gasteiger partial charge in [-0.25, -0.2) is 0 Å². The average Bonchev–Trinajstić information content (AvgIpc) is 2.17. The molecule has 1 aliphatic carbocycles. The van der Waals surface area contributed by atoms with Gasteiger partial charge >= 0.3 is 0 Å². The van der Waals surface area contributed by atoms with Crippen molar-refractivity contribution in [1.82, 2.24) is 5.32 Å². The molecular weight excluding hydrogens is 190 g/mol. The normalized spacial score (nSPS) is 29.4. The van der Waals surface area contributed by atoms with Gasteiger partial charge in [0.05, 0.1) is 12.7 Å². The second-order valence-electron chi connectivity index (χ2n) is 4.99. The molecule has 0 radical (unpaired) electrons. The van der Waals surface area contributed by atoms with Crippen LogP contribution >= 0.6 is 0 Å². The van der Waals surface area contributed by atoms with E-state index in [1.54, 1.807) is 7.11 Å². The van der Waals surface area contributed by atoms with Crippen molar-refractivity contribution in [3.63, 3.8) is 0 Å². The topological polar surface area (TPSA) is 41.5 Å². The molecule has 0 aromatic heterocycles. The van der Waals surface area contributed by atoms with Crippen LogP contribution in [0.25, 0.3) is 0 Å². The Morgan fingerprint density at radius 1 is 1.40 bits per heavy atom. The Kier molecular flexibility index (Phi) is 5.58. The van der Waals surface area contributed by atoms with E-state index in [0.717, 1.165) is 25.9 Å². The van der Waals surface area contributed by atoms with Gasteiger partial charge in [-0.3, -0.25) is 0 Å². The molecule has 0 aromatic rings. The number of ether oxygens (including phenoxy) is 1. The van der Waals surface area contributed by atoms with E-state index in [1.165, 1.54) is 6.42 Å². The molecule has 1 aliphatic rings. The number of methoxy groups -OCH3 is 1. The van der Waals surface area contributed by atoms with Gasteiger partial charge in [-0.15, -0.1) is 0 Å². The van der Waals surface area contributed by atoms with Crippen LogP contribution < -0.4 is 5.32 Å². The Bertz CT molecular complexity index is 173. The summed E-state index contributed by atoms with van der Waals surface area (Å²) in [6.07, 6.45) is 4.08. The molecule has 1 rings (SSSR count). The molecule has 0 heterocycles. The predicted molar refractivity (Wildman–Crippen MR) is 61.9 cm³/mol. The molecule has 0 aliphatic heterocycles. The molecule has 3 atom stereocenters. The Morgan fingerprint density at radius 2 is 2.13 bits per heavy atom. The molecule has 0 amide bonds. The summed E-state index contributed by atoms with van der Waals surface area (Å²) in [5.41, 5.74) is 0. The summed E-state index contributed by atoms with van der Waals surface area (Å²) in [5, 5.41) is 13.2. The molecule has 0 bridgehead atoms. The van der Waals surface area contributed by atoms with Crippen LogP contribution in [-0.2, 0) is 4.74 Å². The van der Waals surface area contributed by atoms with Gasteiger partial charge in [0.25, 0.3) is 0 Å². The van der Waals surface area contributed by atoms with E-state index in [1.807, 2.05) is 0 Å². The first-order chi connectivity index (χ1) is 7.13. The lowest BCUT2D eigenvalue weighted by Crippen LogP contribution is -2.46. The van der Waals surface area contributed by atoms with Gasteiger partial charge in [-0.2, -0.15) is 0 Å². The van der Waals surface area contributed by atoms with Crippen molar-refractivity contribution in [2.45, 2.75) is 57.7 Å². The van der Waals surface area contributed by atoms with Crippen LogP contribution in [0.3, 0.4) is 0 Å². The lowest BCUT2D eigenvalue weighted by atomic mass is 9.91. The standard InChI is InChI=1S/C12H25NO2/c1-9(2)12(8-15-3)13-10-5-4-6-11(14)7-10/h9-14H,4-8H2,1-3H3. The highest BCUT2D eigenvalue weighted by molar-refractivity contribution is 4.82. The first-order valence-corrected chi connectivity index (χ1v) is 6.06. The molecule has 15 heavy (non-hydrogen) atoms. The summed E-state index contributed by atoms with van der Waals surface area (Å²) in [6, 6.07) is 0.876. The Labute approximate surface area is 93.2 Å². The maximum Gasteiger partial charge on any atom is 0.0618 e. The predicted octanol–water partition coefficient (Wildman–Crippen LogP) is 1.55. The largest absolute Gasteiger partial charge is 0.393 e. The Hall–Kier alpha value is -0.120. The summed E-state index contributed by atoms with van der Waals surface area (Å²) < 4.78 is 5.21. The lowest BCUT2D eigenvalue weighted by molar-refractivity contribution is 0.0910. The van der Waals surface area contributed by atoms with Crippen molar-refractivity contribution in [3.8, 4) is 0 Å². The van der Waals surface area contributed by atoms with Crippen LogP contribution in [0.15, 0.2) is 0 Å². The quantitative estimate of drug-likeness (QED) is 0.731. The van der Waals surface area contributed by atoms with Gasteiger partial charge in [-0.05, 0) is 31.6 Å². The highest BCUT2D eigenvalue weighted by Crippen LogP contribution is 2.19. The number of aliphatic hydroxyl groups excluding tert-OH is 1. The molecule has 3 unspecified atom stereocenters. The van der Waals surface area contributed by atoms with Gasteiger partial charge in [0.2, 0.25) is 0 Å². The zero-order valence-corrected chi connectivity index (χ0v) is 10.2. The fourth-order valence-electron chi connectivity index (χ4n) is 2.23. The highest BCUT2D eigenvalue weighted by atomic mass is 16.5. The van der Waals surface area contributed by atoms with Crippen LogP contribution in [0, 0.1) is 5.92 Å². The van der Waals surface area contributed by atoms with E-state index >= 15 is 0 Å². The zero-order valence-electron chi connectivity index (χ0n) is 10.2. The molecule has 1 fully saturated rings. The Balaban J connectivity index is 2.35. The minimum atomic E-state index is -0.105. The summed E-state index contributed by atoms with van der Waals surface area (Å²) in [6.45, 7) is 5.16. The molecule has 2 N–H and O–H groups in total. The van der Waals surface area contributed by atoms with Gasteiger partial charge in [0.15, 0.2) is 0 Å². The molecule has 0 spiro atoms. The third-order valence-electron chi connectivity index (χ3n) is 3.25. The van der Waals surface area contributed by atoms with Crippen LogP contribution in [0.2, 0.25) is 0 Å². The van der Waals surface area contributed by atoms with Crippen molar-refractivity contribution < 1.29 is 9.84 Å². The first kappa shape index (κ1) is 12.9. The average molecular weight is 215 g/mol. The Morgan fingerprint density at radius 3 is 2.67 bits per heavy atom. The fraction of sp³-hybridized carbons (Fsp3) is 1.00.